The van der Waals surface area contributed by atoms with Crippen LogP contribution < -0.4 is 20.7 Å². The fourth-order valence-corrected chi connectivity index (χ4v) is 4.48. The van der Waals surface area contributed by atoms with Gasteiger partial charge in [-0.2, -0.15) is 0 Å². The van der Waals surface area contributed by atoms with Gasteiger partial charge in [0.25, 0.3) is 17.4 Å². The number of aryl methyl sites for hydroxylation is 1. The predicted octanol–water partition coefficient (Wildman–Crippen LogP) is 2.32. The fourth-order valence-electron chi connectivity index (χ4n) is 4.07. The van der Waals surface area contributed by atoms with Gasteiger partial charge in [0, 0.05) is 24.3 Å². The van der Waals surface area contributed by atoms with Crippen molar-refractivity contribution in [2.24, 2.45) is 0 Å². The summed E-state index contributed by atoms with van der Waals surface area (Å²) in [6.45, 7) is 3.86. The lowest BCUT2D eigenvalue weighted by Crippen LogP contribution is -2.54. The summed E-state index contributed by atoms with van der Waals surface area (Å²) in [4.78, 5) is 47.8. The molecule has 2 aliphatic rings. The highest BCUT2D eigenvalue weighted by atomic mass is 35.5. The normalized spacial score (nSPS) is 17.9. The van der Waals surface area contributed by atoms with Crippen molar-refractivity contribution in [3.63, 3.8) is 0 Å². The third-order valence-electron chi connectivity index (χ3n) is 5.85. The summed E-state index contributed by atoms with van der Waals surface area (Å²) in [6, 6.07) is 10.1. The van der Waals surface area contributed by atoms with Crippen molar-refractivity contribution in [1.29, 1.82) is 0 Å². The number of anilines is 2. The largest absolute Gasteiger partial charge is 0.378 e. The topological polar surface area (TPSA) is 96.2 Å². The molecule has 0 bridgehead atoms. The van der Waals surface area contributed by atoms with Crippen molar-refractivity contribution in [3.8, 4) is 0 Å². The van der Waals surface area contributed by atoms with Crippen molar-refractivity contribution in [1.82, 2.24) is 14.7 Å². The molecule has 2 amide bonds. The van der Waals surface area contributed by atoms with Crippen molar-refractivity contribution >= 4 is 64.0 Å². The highest BCUT2D eigenvalue weighted by Crippen LogP contribution is 2.26. The maximum Gasteiger partial charge on any atom is 0.270 e. The van der Waals surface area contributed by atoms with Gasteiger partial charge in [0.15, 0.2) is 5.11 Å². The Morgan fingerprint density at radius 3 is 2.54 bits per heavy atom. The number of thiocarbonyl (C=S) groups is 1. The van der Waals surface area contributed by atoms with Crippen LogP contribution in [0.15, 0.2) is 53.0 Å². The van der Waals surface area contributed by atoms with Crippen LogP contribution >= 0.6 is 23.8 Å². The minimum absolute atomic E-state index is 0.0585. The van der Waals surface area contributed by atoms with Gasteiger partial charge in [-0.3, -0.25) is 29.0 Å². The minimum Gasteiger partial charge on any atom is -0.378 e. The molecule has 4 heterocycles. The van der Waals surface area contributed by atoms with Crippen LogP contribution in [-0.2, 0) is 14.3 Å². The second-order valence-electron chi connectivity index (χ2n) is 8.07. The number of carbonyl (C=O) groups excluding carboxylic acids is 2. The van der Waals surface area contributed by atoms with Gasteiger partial charge >= 0.3 is 0 Å². The van der Waals surface area contributed by atoms with Gasteiger partial charge in [-0.05, 0) is 61.1 Å². The molecule has 0 spiro atoms. The van der Waals surface area contributed by atoms with E-state index in [1.54, 1.807) is 36.5 Å². The molecule has 2 aliphatic heterocycles. The molecule has 0 atom stereocenters. The van der Waals surface area contributed by atoms with E-state index in [0.29, 0.717) is 48.5 Å². The summed E-state index contributed by atoms with van der Waals surface area (Å²) < 4.78 is 6.87. The van der Waals surface area contributed by atoms with Gasteiger partial charge in [0.1, 0.15) is 17.0 Å². The molecule has 5 rings (SSSR count). The summed E-state index contributed by atoms with van der Waals surface area (Å²) >= 11 is 11.2. The van der Waals surface area contributed by atoms with Crippen molar-refractivity contribution in [3.05, 3.63) is 74.7 Å². The van der Waals surface area contributed by atoms with Crippen LogP contribution in [0.25, 0.3) is 11.7 Å². The SMILES string of the molecule is Cc1cccn2c(=O)c(/C=C3/C(=O)NC(=S)N(c4ccc(Cl)cc4)C3=O)c(N3CCOCC3)nc12. The monoisotopic (exact) mass is 509 g/mol. The van der Waals surface area contributed by atoms with Gasteiger partial charge < -0.3 is 9.64 Å². The zero-order chi connectivity index (χ0) is 24.7. The number of pyridine rings is 1. The van der Waals surface area contributed by atoms with Crippen molar-refractivity contribution < 1.29 is 14.3 Å². The summed E-state index contributed by atoms with van der Waals surface area (Å²) in [5, 5.41) is 2.97. The number of nitrogens with one attached hydrogen (secondary N) is 1. The maximum atomic E-state index is 13.6. The van der Waals surface area contributed by atoms with Crippen LogP contribution in [0.3, 0.4) is 0 Å². The number of rotatable bonds is 3. The highest BCUT2D eigenvalue weighted by Gasteiger charge is 2.35. The lowest BCUT2D eigenvalue weighted by atomic mass is 10.1. The third-order valence-corrected chi connectivity index (χ3v) is 6.39. The Hall–Kier alpha value is -3.60. The third kappa shape index (κ3) is 4.20. The molecule has 1 aromatic carbocycles. The molecule has 0 saturated carbocycles. The summed E-state index contributed by atoms with van der Waals surface area (Å²) in [7, 11) is 0. The van der Waals surface area contributed by atoms with Crippen molar-refractivity contribution in [2.45, 2.75) is 6.92 Å². The van der Waals surface area contributed by atoms with Gasteiger partial charge in [0.2, 0.25) is 0 Å². The highest BCUT2D eigenvalue weighted by molar-refractivity contribution is 7.80. The Morgan fingerprint density at radius 1 is 1.11 bits per heavy atom. The number of ether oxygens (including phenoxy) is 1. The first kappa shape index (κ1) is 23.2. The maximum absolute atomic E-state index is 13.6. The summed E-state index contributed by atoms with van der Waals surface area (Å²) in [6.07, 6.45) is 2.91. The molecule has 0 aliphatic carbocycles. The first-order valence-corrected chi connectivity index (χ1v) is 11.7. The Morgan fingerprint density at radius 2 is 1.83 bits per heavy atom. The lowest BCUT2D eigenvalue weighted by molar-refractivity contribution is -0.122. The Labute approximate surface area is 210 Å². The predicted molar refractivity (Wildman–Crippen MR) is 137 cm³/mol. The number of carbonyl (C=O) groups is 2. The average Bonchev–Trinajstić information content (AvgIpc) is 2.85. The Kier molecular flexibility index (Phi) is 6.10. The second kappa shape index (κ2) is 9.21. The van der Waals surface area contributed by atoms with Gasteiger partial charge in [-0.25, -0.2) is 4.98 Å². The first-order valence-electron chi connectivity index (χ1n) is 10.9. The van der Waals surface area contributed by atoms with E-state index in [2.05, 4.69) is 5.32 Å². The summed E-state index contributed by atoms with van der Waals surface area (Å²) in [5.41, 5.74) is 1.28. The standard InChI is InChI=1S/C24H20ClN5O4S/c1-14-3-2-8-29-19(14)26-20(28-9-11-34-12-10-28)17(22(29)32)13-18-21(31)27-24(35)30(23(18)33)16-6-4-15(25)5-7-16/h2-8,13H,9-12H2,1H3,(H,27,31,35)/b18-13-. The van der Waals surface area contributed by atoms with Crippen LogP contribution in [0, 0.1) is 6.92 Å². The van der Waals surface area contributed by atoms with Crippen LogP contribution in [0.5, 0.6) is 0 Å². The Balaban J connectivity index is 1.68. The van der Waals surface area contributed by atoms with E-state index in [0.717, 1.165) is 5.56 Å². The molecule has 2 fully saturated rings. The number of fused-ring (bicyclic) bond motifs is 1. The fraction of sp³-hybridized carbons (Fsp3) is 0.208. The number of hydrogen-bond acceptors (Lipinski definition) is 7. The van der Waals surface area contributed by atoms with Crippen LogP contribution in [-0.4, -0.2) is 52.6 Å². The molecular weight excluding hydrogens is 490 g/mol. The van der Waals surface area contributed by atoms with E-state index in [1.807, 2.05) is 17.9 Å². The van der Waals surface area contributed by atoms with Gasteiger partial charge in [-0.15, -0.1) is 0 Å². The molecule has 35 heavy (non-hydrogen) atoms. The first-order chi connectivity index (χ1) is 16.8. The molecule has 178 valence electrons. The molecule has 1 N–H and O–H groups in total. The van der Waals surface area contributed by atoms with Crippen LogP contribution in [0.2, 0.25) is 5.02 Å². The number of morpholine rings is 1. The van der Waals surface area contributed by atoms with E-state index in [9.17, 15) is 14.4 Å². The molecule has 2 aromatic heterocycles. The summed E-state index contributed by atoms with van der Waals surface area (Å²) in [5.74, 6) is -0.943. The smallest absolute Gasteiger partial charge is 0.270 e. The zero-order valence-electron chi connectivity index (χ0n) is 18.7. The second-order valence-corrected chi connectivity index (χ2v) is 8.90. The van der Waals surface area contributed by atoms with E-state index in [1.165, 1.54) is 15.4 Å². The lowest BCUT2D eigenvalue weighted by Gasteiger charge is -2.30. The molecule has 0 unspecified atom stereocenters. The molecule has 9 nitrogen and oxygen atoms in total. The van der Waals surface area contributed by atoms with E-state index >= 15 is 0 Å². The minimum atomic E-state index is -0.688. The van der Waals surface area contributed by atoms with E-state index in [4.69, 9.17) is 33.5 Å². The molecule has 2 saturated heterocycles. The zero-order valence-corrected chi connectivity index (χ0v) is 20.2. The van der Waals surface area contributed by atoms with Gasteiger partial charge in [-0.1, -0.05) is 17.7 Å². The molecule has 0 radical (unpaired) electrons. The average molecular weight is 510 g/mol. The van der Waals surface area contributed by atoms with E-state index in [-0.39, 0.29) is 21.8 Å². The van der Waals surface area contributed by atoms with E-state index < -0.39 is 11.8 Å². The molecular formula is C24H20ClN5O4S. The quantitative estimate of drug-likeness (QED) is 0.329. The Bertz CT molecular complexity index is 1460. The molecule has 11 heteroatoms. The number of amides is 2. The number of nitrogens with zero attached hydrogens (tertiary/aromatic N) is 4. The molecule has 3 aromatic rings. The number of benzene rings is 1. The number of hydrogen-bond donors (Lipinski definition) is 1. The number of halogens is 1. The number of aromatic nitrogens is 2. The van der Waals surface area contributed by atoms with Crippen molar-refractivity contribution in [2.75, 3.05) is 36.1 Å². The van der Waals surface area contributed by atoms with Crippen LogP contribution in [0.4, 0.5) is 11.5 Å². The van der Waals surface area contributed by atoms with Crippen LogP contribution in [0.1, 0.15) is 11.1 Å². The van der Waals surface area contributed by atoms with Gasteiger partial charge in [0.05, 0.1) is 24.5 Å².